The van der Waals surface area contributed by atoms with Crippen LogP contribution in [0.5, 0.6) is 0 Å². The van der Waals surface area contributed by atoms with Gasteiger partial charge in [0.2, 0.25) is 0 Å². The van der Waals surface area contributed by atoms with E-state index in [0.29, 0.717) is 31.8 Å². The quantitative estimate of drug-likeness (QED) is 0.688. The predicted molar refractivity (Wildman–Crippen MR) is 85.4 cm³/mol. The Kier molecular flexibility index (Phi) is 4.20. The van der Waals surface area contributed by atoms with Crippen molar-refractivity contribution in [2.45, 2.75) is 33.4 Å². The van der Waals surface area contributed by atoms with Crippen LogP contribution in [0.25, 0.3) is 0 Å². The molecule has 0 radical (unpaired) electrons. The minimum atomic E-state index is -0.420. The van der Waals surface area contributed by atoms with Gasteiger partial charge in [-0.2, -0.15) is 0 Å². The lowest BCUT2D eigenvalue weighted by Crippen LogP contribution is -2.42. The normalized spacial score (nSPS) is 13.5. The number of aromatic nitrogens is 1. The third-order valence-corrected chi connectivity index (χ3v) is 4.30. The number of nitro groups is 1. The SMILES string of the molecule is Cc1noc(C)c1CNC(=O)N1CCc2ccc([N+](=O)[O-])cc2C1. The van der Waals surface area contributed by atoms with Gasteiger partial charge in [0.15, 0.2) is 0 Å². The van der Waals surface area contributed by atoms with Crippen LogP contribution in [0.15, 0.2) is 22.7 Å². The number of nitro benzene ring substituents is 1. The van der Waals surface area contributed by atoms with Crippen molar-refractivity contribution >= 4 is 11.7 Å². The number of carbonyl (C=O) groups excluding carboxylic acids is 1. The maximum Gasteiger partial charge on any atom is 0.317 e. The summed E-state index contributed by atoms with van der Waals surface area (Å²) in [5.41, 5.74) is 3.55. The molecule has 2 aromatic rings. The maximum absolute atomic E-state index is 12.4. The second kappa shape index (κ2) is 6.31. The van der Waals surface area contributed by atoms with Gasteiger partial charge in [0, 0.05) is 37.3 Å². The van der Waals surface area contributed by atoms with Gasteiger partial charge in [0.05, 0.1) is 10.6 Å². The monoisotopic (exact) mass is 330 g/mol. The van der Waals surface area contributed by atoms with Crippen LogP contribution in [0, 0.1) is 24.0 Å². The van der Waals surface area contributed by atoms with Crippen LogP contribution in [0.1, 0.15) is 28.1 Å². The first-order chi connectivity index (χ1) is 11.5. The lowest BCUT2D eigenvalue weighted by molar-refractivity contribution is -0.385. The van der Waals surface area contributed by atoms with E-state index in [1.165, 1.54) is 6.07 Å². The van der Waals surface area contributed by atoms with Gasteiger partial charge >= 0.3 is 6.03 Å². The van der Waals surface area contributed by atoms with E-state index in [9.17, 15) is 14.9 Å². The van der Waals surface area contributed by atoms with Crippen molar-refractivity contribution in [2.24, 2.45) is 0 Å². The molecule has 1 aromatic carbocycles. The number of rotatable bonds is 3. The average molecular weight is 330 g/mol. The Labute approximate surface area is 138 Å². The second-order valence-electron chi connectivity index (χ2n) is 5.84. The van der Waals surface area contributed by atoms with Gasteiger partial charge in [-0.05, 0) is 31.4 Å². The summed E-state index contributed by atoms with van der Waals surface area (Å²) in [6.45, 7) is 4.92. The number of non-ortho nitro benzene ring substituents is 1. The topological polar surface area (TPSA) is 102 Å². The Bertz CT molecular complexity index is 780. The number of amides is 2. The Morgan fingerprint density at radius 2 is 2.21 bits per heavy atom. The van der Waals surface area contributed by atoms with Crippen molar-refractivity contribution in [3.8, 4) is 0 Å². The molecule has 8 heteroatoms. The first-order valence-corrected chi connectivity index (χ1v) is 7.66. The van der Waals surface area contributed by atoms with Crippen molar-refractivity contribution in [1.29, 1.82) is 0 Å². The number of nitrogens with zero attached hydrogens (tertiary/aromatic N) is 3. The van der Waals surface area contributed by atoms with Crippen molar-refractivity contribution < 1.29 is 14.2 Å². The number of hydrogen-bond acceptors (Lipinski definition) is 5. The number of fused-ring (bicyclic) bond motifs is 1. The van der Waals surface area contributed by atoms with Crippen molar-refractivity contribution in [3.05, 3.63) is 56.5 Å². The molecule has 0 aliphatic carbocycles. The standard InChI is InChI=1S/C16H18N4O4/c1-10-15(11(2)24-18-10)8-17-16(21)19-6-5-12-3-4-14(20(22)23)7-13(12)9-19/h3-4,7H,5-6,8-9H2,1-2H3,(H,17,21). The highest BCUT2D eigenvalue weighted by molar-refractivity contribution is 5.74. The molecule has 8 nitrogen and oxygen atoms in total. The third-order valence-electron chi connectivity index (χ3n) is 4.30. The Morgan fingerprint density at radius 1 is 1.42 bits per heavy atom. The summed E-state index contributed by atoms with van der Waals surface area (Å²) < 4.78 is 5.08. The highest BCUT2D eigenvalue weighted by atomic mass is 16.6. The summed E-state index contributed by atoms with van der Waals surface area (Å²) in [7, 11) is 0. The van der Waals surface area contributed by atoms with E-state index in [0.717, 1.165) is 22.4 Å². The molecule has 0 bridgehead atoms. The smallest absolute Gasteiger partial charge is 0.317 e. The van der Waals surface area contributed by atoms with Crippen LogP contribution in [0.4, 0.5) is 10.5 Å². The first kappa shape index (κ1) is 16.0. The highest BCUT2D eigenvalue weighted by Crippen LogP contribution is 2.24. The van der Waals surface area contributed by atoms with Crippen LogP contribution in [-0.2, 0) is 19.5 Å². The summed E-state index contributed by atoms with van der Waals surface area (Å²) in [5.74, 6) is 0.687. The van der Waals surface area contributed by atoms with Gasteiger partial charge < -0.3 is 14.7 Å². The largest absolute Gasteiger partial charge is 0.361 e. The lowest BCUT2D eigenvalue weighted by atomic mass is 9.99. The summed E-state index contributed by atoms with van der Waals surface area (Å²) in [5, 5.41) is 17.6. The van der Waals surface area contributed by atoms with E-state index in [2.05, 4.69) is 10.5 Å². The number of benzene rings is 1. The first-order valence-electron chi connectivity index (χ1n) is 7.66. The molecule has 1 aromatic heterocycles. The summed E-state index contributed by atoms with van der Waals surface area (Å²) in [6, 6.07) is 4.62. The second-order valence-corrected chi connectivity index (χ2v) is 5.84. The summed E-state index contributed by atoms with van der Waals surface area (Å²) >= 11 is 0. The average Bonchev–Trinajstić information content (AvgIpc) is 2.89. The highest BCUT2D eigenvalue weighted by Gasteiger charge is 2.23. The fourth-order valence-electron chi connectivity index (χ4n) is 2.86. The van der Waals surface area contributed by atoms with Crippen molar-refractivity contribution in [3.63, 3.8) is 0 Å². The predicted octanol–water partition coefficient (Wildman–Crippen LogP) is 2.47. The van der Waals surface area contributed by atoms with Crippen molar-refractivity contribution in [1.82, 2.24) is 15.4 Å². The fraction of sp³-hybridized carbons (Fsp3) is 0.375. The molecule has 3 rings (SSSR count). The molecule has 2 heterocycles. The molecule has 1 aliphatic rings. The van der Waals surface area contributed by atoms with Crippen LogP contribution in [0.3, 0.4) is 0 Å². The summed E-state index contributed by atoms with van der Waals surface area (Å²) in [6.07, 6.45) is 0.687. The van der Waals surface area contributed by atoms with E-state index >= 15 is 0 Å². The molecule has 0 spiro atoms. The molecular formula is C16H18N4O4. The van der Waals surface area contributed by atoms with Gasteiger partial charge in [-0.1, -0.05) is 11.2 Å². The van der Waals surface area contributed by atoms with Gasteiger partial charge in [0.1, 0.15) is 5.76 Å². The number of urea groups is 1. The number of aryl methyl sites for hydroxylation is 2. The zero-order chi connectivity index (χ0) is 17.3. The van der Waals surface area contributed by atoms with E-state index < -0.39 is 4.92 Å². The van der Waals surface area contributed by atoms with E-state index in [4.69, 9.17) is 4.52 Å². The van der Waals surface area contributed by atoms with Gasteiger partial charge in [-0.3, -0.25) is 10.1 Å². The minimum Gasteiger partial charge on any atom is -0.361 e. The zero-order valence-corrected chi connectivity index (χ0v) is 13.5. The van der Waals surface area contributed by atoms with Crippen molar-refractivity contribution in [2.75, 3.05) is 6.54 Å². The third kappa shape index (κ3) is 3.08. The van der Waals surface area contributed by atoms with Gasteiger partial charge in [-0.25, -0.2) is 4.79 Å². The Morgan fingerprint density at radius 3 is 2.88 bits per heavy atom. The number of carbonyl (C=O) groups is 1. The van der Waals surface area contributed by atoms with Crippen LogP contribution < -0.4 is 5.32 Å². The number of hydrogen-bond donors (Lipinski definition) is 1. The van der Waals surface area contributed by atoms with Gasteiger partial charge in [0.25, 0.3) is 5.69 Å². The molecule has 0 fully saturated rings. The van der Waals surface area contributed by atoms with Gasteiger partial charge in [-0.15, -0.1) is 0 Å². The molecule has 0 saturated carbocycles. The molecule has 2 amide bonds. The molecular weight excluding hydrogens is 312 g/mol. The molecule has 0 saturated heterocycles. The van der Waals surface area contributed by atoms with E-state index in [-0.39, 0.29) is 11.7 Å². The minimum absolute atomic E-state index is 0.0479. The lowest BCUT2D eigenvalue weighted by Gasteiger charge is -2.28. The molecule has 126 valence electrons. The fourth-order valence-corrected chi connectivity index (χ4v) is 2.86. The Hall–Kier alpha value is -2.90. The molecule has 0 unspecified atom stereocenters. The molecule has 24 heavy (non-hydrogen) atoms. The number of nitrogens with one attached hydrogen (secondary N) is 1. The zero-order valence-electron chi connectivity index (χ0n) is 13.5. The van der Waals surface area contributed by atoms with E-state index in [1.807, 2.05) is 6.92 Å². The van der Waals surface area contributed by atoms with Crippen LogP contribution >= 0.6 is 0 Å². The molecule has 1 N–H and O–H groups in total. The summed E-state index contributed by atoms with van der Waals surface area (Å²) in [4.78, 5) is 24.5. The molecule has 1 aliphatic heterocycles. The molecule has 0 atom stereocenters. The Balaban J connectivity index is 1.67. The van der Waals surface area contributed by atoms with Crippen LogP contribution in [0.2, 0.25) is 0 Å². The van der Waals surface area contributed by atoms with E-state index in [1.54, 1.807) is 24.0 Å². The van der Waals surface area contributed by atoms with Crippen LogP contribution in [-0.4, -0.2) is 27.6 Å². The maximum atomic E-state index is 12.4.